The summed E-state index contributed by atoms with van der Waals surface area (Å²) < 4.78 is 4.77. The lowest BCUT2D eigenvalue weighted by Crippen LogP contribution is -2.22. The van der Waals surface area contributed by atoms with Crippen molar-refractivity contribution in [1.82, 2.24) is 19.5 Å². The summed E-state index contributed by atoms with van der Waals surface area (Å²) in [7, 11) is 0. The first-order valence-corrected chi connectivity index (χ1v) is 20.5. The topological polar surface area (TPSA) is 43.6 Å². The normalized spacial score (nSPS) is 14.7. The van der Waals surface area contributed by atoms with Crippen LogP contribution in [0.5, 0.6) is 0 Å². The number of thiophene rings is 1. The average molecular weight is 759 g/mol. The maximum atomic E-state index is 5.49. The average Bonchev–Trinajstić information content (AvgIpc) is 3.93. The first-order valence-electron chi connectivity index (χ1n) is 19.7. The minimum atomic E-state index is -0.353. The number of para-hydroxylation sites is 3. The van der Waals surface area contributed by atoms with Crippen molar-refractivity contribution in [3.63, 3.8) is 0 Å². The standard InChI is InChI=1S/C53H34N4S/c1-53(33-17-3-2-4-18-33)42-27-10-5-22-38(42)48-40(25-16-28-43(48)53)51-54-50(55-52(56-51)41-26-15-24-37-36-21-9-14-32-47(36)58-49(37)41)39-23-8-13-31-46(39)57-44-29-11-6-19-34(44)35-20-7-12-30-45(35)57/h2-32H,1H3. The Morgan fingerprint density at radius 1 is 0.414 bits per heavy atom. The molecular formula is C53H34N4S. The lowest BCUT2D eigenvalue weighted by molar-refractivity contribution is 0.714. The molecule has 12 rings (SSSR count). The van der Waals surface area contributed by atoms with E-state index in [1.54, 1.807) is 11.3 Å². The van der Waals surface area contributed by atoms with Gasteiger partial charge in [-0.3, -0.25) is 0 Å². The van der Waals surface area contributed by atoms with Crippen LogP contribution in [0.1, 0.15) is 23.6 Å². The van der Waals surface area contributed by atoms with E-state index in [1.807, 2.05) is 0 Å². The molecule has 0 N–H and O–H groups in total. The third-order valence-corrected chi connectivity index (χ3v) is 13.4. The molecule has 272 valence electrons. The summed E-state index contributed by atoms with van der Waals surface area (Å²) in [6, 6.07) is 67.3. The van der Waals surface area contributed by atoms with Gasteiger partial charge in [-0.2, -0.15) is 0 Å². The van der Waals surface area contributed by atoms with Crippen LogP contribution in [0, 0.1) is 0 Å². The van der Waals surface area contributed by atoms with Crippen molar-refractivity contribution in [3.05, 3.63) is 205 Å². The van der Waals surface area contributed by atoms with Gasteiger partial charge in [0.2, 0.25) is 0 Å². The Bertz CT molecular complexity index is 3380. The van der Waals surface area contributed by atoms with Gasteiger partial charge >= 0.3 is 0 Å². The van der Waals surface area contributed by atoms with Crippen LogP contribution in [-0.2, 0) is 5.41 Å². The summed E-state index contributed by atoms with van der Waals surface area (Å²) >= 11 is 1.79. The van der Waals surface area contributed by atoms with Gasteiger partial charge in [0.15, 0.2) is 17.5 Å². The van der Waals surface area contributed by atoms with E-state index in [9.17, 15) is 0 Å². The van der Waals surface area contributed by atoms with Crippen LogP contribution in [-0.4, -0.2) is 19.5 Å². The van der Waals surface area contributed by atoms with Crippen LogP contribution in [0.15, 0.2) is 188 Å². The molecule has 11 aromatic rings. The fraction of sp³-hybridized carbons (Fsp3) is 0.0377. The van der Waals surface area contributed by atoms with Crippen molar-refractivity contribution in [1.29, 1.82) is 0 Å². The third-order valence-electron chi connectivity index (χ3n) is 12.2. The Balaban J connectivity index is 1.16. The van der Waals surface area contributed by atoms with Gasteiger partial charge in [-0.05, 0) is 71.1 Å². The maximum absolute atomic E-state index is 5.49. The highest BCUT2D eigenvalue weighted by Crippen LogP contribution is 2.55. The Labute approximate surface area is 339 Å². The van der Waals surface area contributed by atoms with Crippen LogP contribution in [0.3, 0.4) is 0 Å². The molecule has 0 amide bonds. The van der Waals surface area contributed by atoms with Crippen molar-refractivity contribution in [2.24, 2.45) is 0 Å². The summed E-state index contributed by atoms with van der Waals surface area (Å²) in [5, 5.41) is 4.87. The quantitative estimate of drug-likeness (QED) is 0.176. The van der Waals surface area contributed by atoms with E-state index in [2.05, 4.69) is 200 Å². The zero-order chi connectivity index (χ0) is 38.4. The van der Waals surface area contributed by atoms with Gasteiger partial charge < -0.3 is 4.57 Å². The smallest absolute Gasteiger partial charge is 0.166 e. The number of rotatable bonds is 5. The van der Waals surface area contributed by atoms with Gasteiger partial charge in [-0.15, -0.1) is 11.3 Å². The SMILES string of the molecule is CC1(c2ccccc2)c2ccccc2-c2c(-c3nc(-c4ccccc4-n4c5ccccc5c5ccccc54)nc(-c4cccc5c4sc4ccccc45)n3)cccc21. The summed E-state index contributed by atoms with van der Waals surface area (Å²) in [4.78, 5) is 16.4. The maximum Gasteiger partial charge on any atom is 0.166 e. The number of benzene rings is 8. The van der Waals surface area contributed by atoms with E-state index in [-0.39, 0.29) is 5.41 Å². The van der Waals surface area contributed by atoms with Crippen LogP contribution in [0.2, 0.25) is 0 Å². The van der Waals surface area contributed by atoms with Crippen LogP contribution in [0.4, 0.5) is 0 Å². The van der Waals surface area contributed by atoms with Crippen molar-refractivity contribution < 1.29 is 0 Å². The largest absolute Gasteiger partial charge is 0.309 e. The molecule has 1 unspecified atom stereocenters. The number of aromatic nitrogens is 4. The van der Waals surface area contributed by atoms with Crippen LogP contribution >= 0.6 is 11.3 Å². The van der Waals surface area contributed by atoms with E-state index >= 15 is 0 Å². The second kappa shape index (κ2) is 12.7. The molecule has 0 fully saturated rings. The number of nitrogens with zero attached hydrogens (tertiary/aromatic N) is 4. The van der Waals surface area contributed by atoms with Crippen molar-refractivity contribution in [2.45, 2.75) is 12.3 Å². The molecule has 0 bridgehead atoms. The van der Waals surface area contributed by atoms with Crippen molar-refractivity contribution in [3.8, 4) is 51.0 Å². The van der Waals surface area contributed by atoms with E-state index in [0.29, 0.717) is 17.5 Å². The Morgan fingerprint density at radius 3 is 1.71 bits per heavy atom. The molecule has 0 aliphatic heterocycles. The monoisotopic (exact) mass is 758 g/mol. The van der Waals surface area contributed by atoms with Crippen LogP contribution < -0.4 is 0 Å². The molecule has 0 saturated carbocycles. The number of hydrogen-bond acceptors (Lipinski definition) is 4. The van der Waals surface area contributed by atoms with Gasteiger partial charge in [-0.1, -0.05) is 152 Å². The molecule has 0 spiro atoms. The molecule has 0 radical (unpaired) electrons. The van der Waals surface area contributed by atoms with Crippen LogP contribution in [0.25, 0.3) is 93.0 Å². The molecule has 1 atom stereocenters. The third kappa shape index (κ3) is 4.71. The molecule has 5 heteroatoms. The zero-order valence-electron chi connectivity index (χ0n) is 31.6. The van der Waals surface area contributed by atoms with Crippen molar-refractivity contribution >= 4 is 53.3 Å². The first kappa shape index (κ1) is 33.0. The van der Waals surface area contributed by atoms with E-state index in [1.165, 1.54) is 58.8 Å². The number of hydrogen-bond donors (Lipinski definition) is 0. The number of fused-ring (bicyclic) bond motifs is 9. The molecule has 1 aliphatic rings. The zero-order valence-corrected chi connectivity index (χ0v) is 32.4. The highest BCUT2D eigenvalue weighted by Gasteiger charge is 2.42. The van der Waals surface area contributed by atoms with Gasteiger partial charge in [-0.25, -0.2) is 15.0 Å². The Kier molecular flexibility index (Phi) is 7.19. The van der Waals surface area contributed by atoms with Crippen molar-refractivity contribution in [2.75, 3.05) is 0 Å². The Morgan fingerprint density at radius 2 is 0.931 bits per heavy atom. The van der Waals surface area contributed by atoms with Gasteiger partial charge in [0.1, 0.15) is 0 Å². The highest BCUT2D eigenvalue weighted by atomic mass is 32.1. The lowest BCUT2D eigenvalue weighted by atomic mass is 9.74. The fourth-order valence-corrected chi connectivity index (χ4v) is 10.7. The summed E-state index contributed by atoms with van der Waals surface area (Å²) in [6.07, 6.45) is 0. The molecular weight excluding hydrogens is 725 g/mol. The molecule has 58 heavy (non-hydrogen) atoms. The predicted molar refractivity (Wildman–Crippen MR) is 241 cm³/mol. The molecule has 3 aromatic heterocycles. The summed E-state index contributed by atoms with van der Waals surface area (Å²) in [5.41, 5.74) is 12.0. The van der Waals surface area contributed by atoms with Gasteiger partial charge in [0.25, 0.3) is 0 Å². The van der Waals surface area contributed by atoms with E-state index in [0.717, 1.165) is 33.4 Å². The molecule has 4 nitrogen and oxygen atoms in total. The summed E-state index contributed by atoms with van der Waals surface area (Å²) in [5.74, 6) is 1.94. The predicted octanol–water partition coefficient (Wildman–Crippen LogP) is 13.7. The van der Waals surface area contributed by atoms with Gasteiger partial charge in [0, 0.05) is 53.1 Å². The minimum Gasteiger partial charge on any atom is -0.309 e. The summed E-state index contributed by atoms with van der Waals surface area (Å²) in [6.45, 7) is 2.35. The molecule has 3 heterocycles. The molecule has 1 aliphatic carbocycles. The second-order valence-electron chi connectivity index (χ2n) is 15.2. The second-order valence-corrected chi connectivity index (χ2v) is 16.3. The lowest BCUT2D eigenvalue weighted by Gasteiger charge is -2.28. The Hall–Kier alpha value is -7.21. The minimum absolute atomic E-state index is 0.353. The first-order chi connectivity index (χ1) is 28.7. The van der Waals surface area contributed by atoms with E-state index in [4.69, 9.17) is 15.0 Å². The molecule has 8 aromatic carbocycles. The van der Waals surface area contributed by atoms with E-state index < -0.39 is 0 Å². The molecule has 0 saturated heterocycles. The van der Waals surface area contributed by atoms with Gasteiger partial charge in [0.05, 0.1) is 16.7 Å². The fourth-order valence-electron chi connectivity index (χ4n) is 9.51. The highest BCUT2D eigenvalue weighted by molar-refractivity contribution is 7.26.